The van der Waals surface area contributed by atoms with E-state index in [0.29, 0.717) is 13.0 Å². The van der Waals surface area contributed by atoms with E-state index in [1.54, 1.807) is 0 Å². The van der Waals surface area contributed by atoms with Crippen molar-refractivity contribution in [3.05, 3.63) is 23.3 Å². The Balaban J connectivity index is 2.87. The van der Waals surface area contributed by atoms with Crippen molar-refractivity contribution >= 4 is 5.97 Å². The Hall–Kier alpha value is -1.63. The first-order valence-corrected chi connectivity index (χ1v) is 6.09. The van der Waals surface area contributed by atoms with Crippen LogP contribution in [0.25, 0.3) is 0 Å². The molecule has 0 unspecified atom stereocenters. The Kier molecular flexibility index (Phi) is 5.75. The van der Waals surface area contributed by atoms with Gasteiger partial charge in [0.05, 0.1) is 0 Å². The van der Waals surface area contributed by atoms with Crippen LogP contribution in [-0.4, -0.2) is 45.6 Å². The highest BCUT2D eigenvalue weighted by Crippen LogP contribution is 2.20. The van der Waals surface area contributed by atoms with Gasteiger partial charge in [0, 0.05) is 19.2 Å². The fraction of sp³-hybridized carbons (Fsp3) is 0.583. The van der Waals surface area contributed by atoms with Crippen LogP contribution in [0.3, 0.4) is 0 Å². The molecule has 5 nitrogen and oxygen atoms in total. The molecule has 1 N–H and O–H groups in total. The monoisotopic (exact) mass is 273 g/mol. The fourth-order valence-corrected chi connectivity index (χ4v) is 1.68. The molecule has 0 saturated heterocycles. The molecule has 0 aliphatic heterocycles. The molecule has 0 bridgehead atoms. The number of rotatable bonds is 7. The summed E-state index contributed by atoms with van der Waals surface area (Å²) in [4.78, 5) is 20.4. The topological polar surface area (TPSA) is 66.3 Å². The van der Waals surface area contributed by atoms with Gasteiger partial charge in [0.25, 0.3) is 6.43 Å². The molecule has 7 heteroatoms. The summed E-state index contributed by atoms with van der Waals surface area (Å²) in [7, 11) is 0. The van der Waals surface area contributed by atoms with Crippen LogP contribution in [0.15, 0.2) is 6.20 Å². The molecule has 19 heavy (non-hydrogen) atoms. The van der Waals surface area contributed by atoms with Gasteiger partial charge in [0.2, 0.25) is 0 Å². The third-order valence-corrected chi connectivity index (χ3v) is 2.85. The molecule has 0 aliphatic carbocycles. The predicted octanol–water partition coefficient (Wildman–Crippen LogP) is 2.00. The Morgan fingerprint density at radius 1 is 1.42 bits per heavy atom. The van der Waals surface area contributed by atoms with Gasteiger partial charge in [-0.2, -0.15) is 0 Å². The van der Waals surface area contributed by atoms with E-state index in [4.69, 9.17) is 5.11 Å². The molecular weight excluding hydrogens is 256 g/mol. The van der Waals surface area contributed by atoms with Crippen LogP contribution in [0, 0.1) is 0 Å². The number of likely N-dealkylation sites (N-methyl/N-ethyl adjacent to an activating group) is 1. The van der Waals surface area contributed by atoms with Gasteiger partial charge in [-0.3, -0.25) is 0 Å². The number of hydrogen-bond donors (Lipinski definition) is 1. The lowest BCUT2D eigenvalue weighted by molar-refractivity contribution is 0.0681. The average molecular weight is 273 g/mol. The molecule has 0 spiro atoms. The van der Waals surface area contributed by atoms with E-state index >= 15 is 0 Å². The number of halogens is 2. The lowest BCUT2D eigenvalue weighted by Gasteiger charge is -2.17. The van der Waals surface area contributed by atoms with Crippen LogP contribution in [0.4, 0.5) is 8.78 Å². The summed E-state index contributed by atoms with van der Waals surface area (Å²) in [5, 5.41) is 8.78. The Morgan fingerprint density at radius 3 is 2.53 bits per heavy atom. The predicted molar refractivity (Wildman–Crippen MR) is 65.4 cm³/mol. The number of hydrogen-bond acceptors (Lipinski definition) is 4. The Labute approximate surface area is 110 Å². The summed E-state index contributed by atoms with van der Waals surface area (Å²) in [5.74, 6) is -1.20. The second-order valence-corrected chi connectivity index (χ2v) is 3.97. The van der Waals surface area contributed by atoms with Crippen LogP contribution in [-0.2, 0) is 6.42 Å². The molecule has 1 rings (SSSR count). The van der Waals surface area contributed by atoms with E-state index < -0.39 is 23.7 Å². The standard InChI is InChI=1S/C12H17F2N3O2/c1-3-17(4-2)6-5-9-15-7-8(12(18)19)10(16-9)11(13)14/h7,11H,3-6H2,1-2H3,(H,18,19). The van der Waals surface area contributed by atoms with Gasteiger partial charge in [-0.1, -0.05) is 13.8 Å². The molecule has 0 fully saturated rings. The molecular formula is C12H17F2N3O2. The molecule has 1 heterocycles. The zero-order valence-electron chi connectivity index (χ0n) is 10.9. The number of carbonyl (C=O) groups is 1. The van der Waals surface area contributed by atoms with E-state index in [1.165, 1.54) is 0 Å². The summed E-state index contributed by atoms with van der Waals surface area (Å²) in [6.45, 7) is 6.36. The summed E-state index contributed by atoms with van der Waals surface area (Å²) in [6, 6.07) is 0. The quantitative estimate of drug-likeness (QED) is 0.823. The lowest BCUT2D eigenvalue weighted by atomic mass is 10.2. The minimum Gasteiger partial charge on any atom is -0.478 e. The number of carboxylic acids is 1. The van der Waals surface area contributed by atoms with Crippen LogP contribution >= 0.6 is 0 Å². The second-order valence-electron chi connectivity index (χ2n) is 3.97. The van der Waals surface area contributed by atoms with Gasteiger partial charge in [-0.15, -0.1) is 0 Å². The smallest absolute Gasteiger partial charge is 0.339 e. The van der Waals surface area contributed by atoms with Gasteiger partial charge >= 0.3 is 5.97 Å². The van der Waals surface area contributed by atoms with Crippen molar-refractivity contribution in [2.75, 3.05) is 19.6 Å². The molecule has 0 saturated carbocycles. The highest BCUT2D eigenvalue weighted by Gasteiger charge is 2.21. The maximum atomic E-state index is 12.7. The Bertz CT molecular complexity index is 437. The second kappa shape index (κ2) is 7.08. The fourth-order valence-electron chi connectivity index (χ4n) is 1.68. The molecule has 0 radical (unpaired) electrons. The summed E-state index contributed by atoms with van der Waals surface area (Å²) < 4.78 is 25.5. The zero-order valence-corrected chi connectivity index (χ0v) is 10.9. The van der Waals surface area contributed by atoms with Gasteiger partial charge in [0.15, 0.2) is 0 Å². The van der Waals surface area contributed by atoms with Crippen LogP contribution < -0.4 is 0 Å². The number of aromatic carboxylic acids is 1. The summed E-state index contributed by atoms with van der Waals surface area (Å²) in [6.07, 6.45) is -1.54. The van der Waals surface area contributed by atoms with Crippen LogP contribution in [0.5, 0.6) is 0 Å². The van der Waals surface area contributed by atoms with Crippen molar-refractivity contribution in [1.82, 2.24) is 14.9 Å². The van der Waals surface area contributed by atoms with E-state index in [2.05, 4.69) is 14.9 Å². The molecule has 1 aromatic rings. The average Bonchev–Trinajstić information content (AvgIpc) is 2.39. The zero-order chi connectivity index (χ0) is 14.4. The summed E-state index contributed by atoms with van der Waals surface area (Å²) in [5.41, 5.74) is -1.25. The van der Waals surface area contributed by atoms with Crippen LogP contribution in [0.1, 0.15) is 42.1 Å². The molecule has 0 aromatic carbocycles. The maximum absolute atomic E-state index is 12.7. The molecule has 106 valence electrons. The number of aromatic nitrogens is 2. The van der Waals surface area contributed by atoms with Crippen molar-refractivity contribution in [2.24, 2.45) is 0 Å². The largest absolute Gasteiger partial charge is 0.478 e. The first-order chi connectivity index (χ1) is 8.99. The van der Waals surface area contributed by atoms with Crippen molar-refractivity contribution in [2.45, 2.75) is 26.7 Å². The van der Waals surface area contributed by atoms with Gasteiger partial charge in [-0.25, -0.2) is 23.5 Å². The van der Waals surface area contributed by atoms with E-state index in [1.807, 2.05) is 13.8 Å². The first-order valence-electron chi connectivity index (χ1n) is 6.09. The molecule has 1 aromatic heterocycles. The minimum atomic E-state index is -2.92. The number of alkyl halides is 2. The highest BCUT2D eigenvalue weighted by molar-refractivity contribution is 5.88. The highest BCUT2D eigenvalue weighted by atomic mass is 19.3. The lowest BCUT2D eigenvalue weighted by Crippen LogP contribution is -2.26. The molecule has 0 aliphatic rings. The van der Waals surface area contributed by atoms with E-state index in [-0.39, 0.29) is 5.82 Å². The van der Waals surface area contributed by atoms with Crippen molar-refractivity contribution in [3.63, 3.8) is 0 Å². The summed E-state index contributed by atoms with van der Waals surface area (Å²) >= 11 is 0. The SMILES string of the molecule is CCN(CC)CCc1ncc(C(=O)O)c(C(F)F)n1. The maximum Gasteiger partial charge on any atom is 0.339 e. The normalized spacial score (nSPS) is 11.3. The van der Waals surface area contributed by atoms with E-state index in [9.17, 15) is 13.6 Å². The van der Waals surface area contributed by atoms with Gasteiger partial charge < -0.3 is 10.0 Å². The van der Waals surface area contributed by atoms with Gasteiger partial charge in [-0.05, 0) is 13.1 Å². The number of nitrogens with zero attached hydrogens (tertiary/aromatic N) is 3. The van der Waals surface area contributed by atoms with Crippen molar-refractivity contribution < 1.29 is 18.7 Å². The molecule has 0 atom stereocenters. The third-order valence-electron chi connectivity index (χ3n) is 2.85. The van der Waals surface area contributed by atoms with Crippen molar-refractivity contribution in [3.8, 4) is 0 Å². The van der Waals surface area contributed by atoms with Gasteiger partial charge in [0.1, 0.15) is 17.1 Å². The van der Waals surface area contributed by atoms with Crippen LogP contribution in [0.2, 0.25) is 0 Å². The minimum absolute atomic E-state index is 0.243. The number of carboxylic acid groups (broad SMARTS) is 1. The first kappa shape index (κ1) is 15.4. The molecule has 0 amide bonds. The Morgan fingerprint density at radius 2 is 2.05 bits per heavy atom. The van der Waals surface area contributed by atoms with E-state index in [0.717, 1.165) is 19.3 Å². The third kappa shape index (κ3) is 4.20. The van der Waals surface area contributed by atoms with Crippen molar-refractivity contribution in [1.29, 1.82) is 0 Å².